The van der Waals surface area contributed by atoms with E-state index in [2.05, 4.69) is 10.6 Å². The Hall–Kier alpha value is -7.39. The van der Waals surface area contributed by atoms with Crippen molar-refractivity contribution in [3.05, 3.63) is 168 Å². The molecule has 0 spiro atoms. The smallest absolute Gasteiger partial charge is 0.200 e. The average Bonchev–Trinajstić information content (AvgIpc) is 4.00. The Bertz CT molecular complexity index is 3750. The summed E-state index contributed by atoms with van der Waals surface area (Å²) in [5.41, 5.74) is 5.35. The quantitative estimate of drug-likeness (QED) is 0.102. The summed E-state index contributed by atoms with van der Waals surface area (Å²) < 4.78 is 94.4. The van der Waals surface area contributed by atoms with Crippen molar-refractivity contribution in [3.63, 3.8) is 0 Å². The summed E-state index contributed by atoms with van der Waals surface area (Å²) in [5.74, 6) is -10.1. The number of fused-ring (bicyclic) bond motifs is 14. The molecule has 0 bridgehead atoms. The van der Waals surface area contributed by atoms with Gasteiger partial charge in [0.05, 0.1) is 39.0 Å². The van der Waals surface area contributed by atoms with Crippen LogP contribution in [0.3, 0.4) is 0 Å². The fraction of sp³-hybridized carbons (Fsp3) is 0.0204. The summed E-state index contributed by atoms with van der Waals surface area (Å²) in [6, 6.07) is 42.0. The maximum Gasteiger partial charge on any atom is 0.200 e. The van der Waals surface area contributed by atoms with E-state index in [9.17, 15) is 4.39 Å². The number of nitrogens with zero attached hydrogens (tertiary/aromatic N) is 2. The molecule has 0 N–H and O–H groups in total. The summed E-state index contributed by atoms with van der Waals surface area (Å²) in [6.45, 7) is 1.80. The predicted octanol–water partition coefficient (Wildman–Crippen LogP) is 14.4. The van der Waals surface area contributed by atoms with E-state index in [1.165, 1.54) is 6.07 Å². The number of hydrogen-bond donors (Lipinski definition) is 0. The summed E-state index contributed by atoms with van der Waals surface area (Å²) in [7, 11) is 0. The molecule has 4 nitrogen and oxygen atoms in total. The second-order valence-corrected chi connectivity index (χ2v) is 14.6. The third-order valence-electron chi connectivity index (χ3n) is 11.7. The maximum atomic E-state index is 16.2. The van der Waals surface area contributed by atoms with E-state index in [0.29, 0.717) is 44.6 Å². The zero-order valence-electron chi connectivity index (χ0n) is 30.3. The lowest BCUT2D eigenvalue weighted by molar-refractivity contribution is 0.381. The highest BCUT2D eigenvalue weighted by atomic mass is 19.2. The van der Waals surface area contributed by atoms with Crippen LogP contribution < -0.4 is 0 Å². The van der Waals surface area contributed by atoms with Crippen molar-refractivity contribution >= 4 is 87.5 Å². The van der Waals surface area contributed by atoms with Gasteiger partial charge in [0.25, 0.3) is 0 Å². The first-order valence-electron chi connectivity index (χ1n) is 18.6. The lowest BCUT2D eigenvalue weighted by atomic mass is 9.96. The van der Waals surface area contributed by atoms with Gasteiger partial charge in [-0.1, -0.05) is 84.9 Å². The maximum absolute atomic E-state index is 16.2. The minimum atomic E-state index is -2.23. The predicted molar refractivity (Wildman–Crippen MR) is 220 cm³/mol. The van der Waals surface area contributed by atoms with Crippen molar-refractivity contribution in [1.29, 1.82) is 0 Å². The topological polar surface area (TPSA) is 36.1 Å². The first kappa shape index (κ1) is 32.8. The molecule has 0 saturated carbocycles. The first-order chi connectivity index (χ1) is 28.3. The molecular formula is C49H25F5N2O2. The van der Waals surface area contributed by atoms with Crippen molar-refractivity contribution in [1.82, 2.24) is 9.13 Å². The third kappa shape index (κ3) is 4.12. The SMILES string of the molecule is Cc1c(-n2c3ccccc3c3ccc4c5ccccc5oc4c32)ccc(-c2c(F)c(F)c(F)c(F)c2F)c1-n1c2ccccc2c2ccc3c4ccccc4oc3c21. The lowest BCUT2D eigenvalue weighted by Gasteiger charge is -2.22. The minimum Gasteiger partial charge on any atom is -0.454 e. The molecule has 12 aromatic rings. The summed E-state index contributed by atoms with van der Waals surface area (Å²) >= 11 is 0. The summed E-state index contributed by atoms with van der Waals surface area (Å²) in [4.78, 5) is 0. The van der Waals surface area contributed by atoms with Crippen molar-refractivity contribution in [2.75, 3.05) is 0 Å². The molecule has 12 rings (SSSR count). The minimum absolute atomic E-state index is 0.195. The van der Waals surface area contributed by atoms with Crippen LogP contribution in [0.2, 0.25) is 0 Å². The van der Waals surface area contributed by atoms with Crippen LogP contribution in [0.1, 0.15) is 5.56 Å². The number of rotatable bonds is 3. The molecule has 9 heteroatoms. The van der Waals surface area contributed by atoms with Gasteiger partial charge in [-0.05, 0) is 61.0 Å². The van der Waals surface area contributed by atoms with Gasteiger partial charge in [0.15, 0.2) is 34.4 Å². The molecular weight excluding hydrogens is 744 g/mol. The second-order valence-electron chi connectivity index (χ2n) is 14.6. The fourth-order valence-corrected chi connectivity index (χ4v) is 9.21. The van der Waals surface area contributed by atoms with E-state index in [0.717, 1.165) is 54.1 Å². The van der Waals surface area contributed by atoms with Gasteiger partial charge in [-0.2, -0.15) is 0 Å². The normalized spacial score (nSPS) is 12.3. The summed E-state index contributed by atoms with van der Waals surface area (Å²) in [6.07, 6.45) is 0. The van der Waals surface area contributed by atoms with Gasteiger partial charge in [-0.15, -0.1) is 0 Å². The Morgan fingerprint density at radius 2 is 0.828 bits per heavy atom. The Morgan fingerprint density at radius 1 is 0.397 bits per heavy atom. The molecule has 8 aromatic carbocycles. The van der Waals surface area contributed by atoms with Gasteiger partial charge < -0.3 is 18.0 Å². The molecule has 4 heterocycles. The van der Waals surface area contributed by atoms with Gasteiger partial charge in [0.2, 0.25) is 5.82 Å². The van der Waals surface area contributed by atoms with E-state index in [4.69, 9.17) is 8.83 Å². The standard InChI is InChI=1S/C49H25F5N2O2/c1-24-34(55-35-14-6-2-10-25(35)29-18-20-31-27-12-4-8-16-37(27)57-48(31)46(29)55)23-22-33(39-40(50)42(52)44(54)43(53)41(39)51)45(24)56-36-15-7-3-11-26(36)30-19-21-32-28-13-5-9-17-38(28)58-49(32)47(30)56/h2-23H,1H3. The van der Waals surface area contributed by atoms with E-state index in [1.54, 1.807) is 13.0 Å². The van der Waals surface area contributed by atoms with E-state index in [1.807, 2.05) is 120 Å². The van der Waals surface area contributed by atoms with E-state index < -0.39 is 34.6 Å². The van der Waals surface area contributed by atoms with Gasteiger partial charge in [0.1, 0.15) is 11.2 Å². The van der Waals surface area contributed by atoms with Crippen LogP contribution in [0.5, 0.6) is 0 Å². The van der Waals surface area contributed by atoms with Crippen LogP contribution >= 0.6 is 0 Å². The van der Waals surface area contributed by atoms with Gasteiger partial charge in [-0.3, -0.25) is 0 Å². The zero-order valence-corrected chi connectivity index (χ0v) is 30.3. The molecule has 0 aliphatic carbocycles. The molecule has 0 unspecified atom stereocenters. The molecule has 58 heavy (non-hydrogen) atoms. The number of furan rings is 2. The van der Waals surface area contributed by atoms with Crippen molar-refractivity contribution in [3.8, 4) is 22.5 Å². The Balaban J connectivity index is 1.30. The molecule has 0 atom stereocenters. The number of halogens is 5. The highest BCUT2D eigenvalue weighted by Crippen LogP contribution is 2.47. The van der Waals surface area contributed by atoms with Gasteiger partial charge >= 0.3 is 0 Å². The van der Waals surface area contributed by atoms with Crippen LogP contribution in [0.15, 0.2) is 142 Å². The third-order valence-corrected chi connectivity index (χ3v) is 11.7. The van der Waals surface area contributed by atoms with E-state index in [-0.39, 0.29) is 11.3 Å². The van der Waals surface area contributed by atoms with Crippen LogP contribution in [-0.2, 0) is 0 Å². The lowest BCUT2D eigenvalue weighted by Crippen LogP contribution is -2.09. The van der Waals surface area contributed by atoms with Crippen LogP contribution in [-0.4, -0.2) is 9.13 Å². The molecule has 0 saturated heterocycles. The van der Waals surface area contributed by atoms with Crippen molar-refractivity contribution < 1.29 is 30.8 Å². The highest BCUT2D eigenvalue weighted by molar-refractivity contribution is 6.23. The number of para-hydroxylation sites is 4. The molecule has 0 aliphatic heterocycles. The van der Waals surface area contributed by atoms with E-state index >= 15 is 17.6 Å². The van der Waals surface area contributed by atoms with Crippen LogP contribution in [0.4, 0.5) is 22.0 Å². The first-order valence-corrected chi connectivity index (χ1v) is 18.6. The summed E-state index contributed by atoms with van der Waals surface area (Å²) in [5, 5.41) is 6.92. The van der Waals surface area contributed by atoms with Gasteiger partial charge in [-0.25, -0.2) is 22.0 Å². The molecule has 4 aromatic heterocycles. The molecule has 0 radical (unpaired) electrons. The largest absolute Gasteiger partial charge is 0.454 e. The molecule has 0 amide bonds. The molecule has 278 valence electrons. The number of hydrogen-bond acceptors (Lipinski definition) is 2. The molecule has 0 fully saturated rings. The Labute approximate surface area is 324 Å². The highest BCUT2D eigenvalue weighted by Gasteiger charge is 2.32. The van der Waals surface area contributed by atoms with Crippen LogP contribution in [0.25, 0.3) is 110 Å². The Kier molecular flexibility index (Phi) is 6.55. The Morgan fingerprint density at radius 3 is 1.38 bits per heavy atom. The average molecular weight is 769 g/mol. The fourth-order valence-electron chi connectivity index (χ4n) is 9.21. The van der Waals surface area contributed by atoms with Crippen molar-refractivity contribution in [2.45, 2.75) is 6.92 Å². The van der Waals surface area contributed by atoms with Crippen LogP contribution in [0, 0.1) is 36.0 Å². The number of aromatic nitrogens is 2. The van der Waals surface area contributed by atoms with Crippen molar-refractivity contribution in [2.24, 2.45) is 0 Å². The van der Waals surface area contributed by atoms with Gasteiger partial charge in [0, 0.05) is 48.7 Å². The number of benzene rings is 8. The monoisotopic (exact) mass is 768 g/mol. The second kappa shape index (κ2) is 11.6. The zero-order chi connectivity index (χ0) is 39.1. The molecule has 0 aliphatic rings.